The minimum absolute atomic E-state index is 0.315. The van der Waals surface area contributed by atoms with Crippen LogP contribution in [0.15, 0.2) is 18.2 Å². The molecule has 0 aliphatic heterocycles. The third-order valence-electron chi connectivity index (χ3n) is 4.68. The smallest absolute Gasteiger partial charge is 0.397 e. The molecule has 0 fully saturated rings. The maximum absolute atomic E-state index is 11.8. The molecule has 0 spiro atoms. The molecule has 0 heterocycles. The van der Waals surface area contributed by atoms with Gasteiger partial charge in [-0.05, 0) is 43.5 Å². The van der Waals surface area contributed by atoms with Gasteiger partial charge in [0.15, 0.2) is 0 Å². The molecule has 1 aromatic rings. The first-order valence-corrected chi connectivity index (χ1v) is 10.1. The number of unbranched alkanes of at least 4 members (excludes halogenated alkanes) is 9. The number of carbonyl (C=O) groups excluding carboxylic acids is 2. The van der Waals surface area contributed by atoms with Crippen molar-refractivity contribution >= 4 is 17.6 Å². The molecule has 0 aliphatic carbocycles. The van der Waals surface area contributed by atoms with Crippen molar-refractivity contribution < 1.29 is 14.3 Å². The van der Waals surface area contributed by atoms with Crippen LogP contribution in [0.25, 0.3) is 0 Å². The van der Waals surface area contributed by atoms with Gasteiger partial charge in [-0.25, -0.2) is 4.79 Å². The Balaban J connectivity index is 2.05. The van der Waals surface area contributed by atoms with Crippen molar-refractivity contribution in [1.82, 2.24) is 0 Å². The Bertz CT molecular complexity index is 554. The second-order valence-corrected chi connectivity index (χ2v) is 7.07. The Hall–Kier alpha value is -1.84. The van der Waals surface area contributed by atoms with E-state index in [1.165, 1.54) is 51.4 Å². The lowest BCUT2D eigenvalue weighted by Gasteiger charge is -2.08. The minimum atomic E-state index is -0.806. The normalized spacial score (nSPS) is 10.6. The third-order valence-corrected chi connectivity index (χ3v) is 4.68. The van der Waals surface area contributed by atoms with Gasteiger partial charge in [-0.1, -0.05) is 70.8 Å². The number of rotatable bonds is 12. The Morgan fingerprint density at radius 1 is 0.846 bits per heavy atom. The molecule has 1 N–H and O–H groups in total. The predicted molar refractivity (Wildman–Crippen MR) is 107 cm³/mol. The van der Waals surface area contributed by atoms with Gasteiger partial charge in [-0.3, -0.25) is 4.79 Å². The van der Waals surface area contributed by atoms with E-state index in [0.29, 0.717) is 12.3 Å². The van der Waals surface area contributed by atoms with Crippen LogP contribution < -0.4 is 5.32 Å². The molecule has 1 amide bonds. The van der Waals surface area contributed by atoms with Crippen molar-refractivity contribution in [2.24, 2.45) is 0 Å². The fourth-order valence-electron chi connectivity index (χ4n) is 2.82. The summed E-state index contributed by atoms with van der Waals surface area (Å²) in [5.74, 6) is -1.51. The number of esters is 1. The molecular formula is C22H35NO3. The molecule has 0 unspecified atom stereocenters. The lowest BCUT2D eigenvalue weighted by atomic mass is 10.1. The van der Waals surface area contributed by atoms with Gasteiger partial charge in [0.2, 0.25) is 0 Å². The van der Waals surface area contributed by atoms with Crippen molar-refractivity contribution in [3.63, 3.8) is 0 Å². The maximum Gasteiger partial charge on any atom is 0.397 e. The molecule has 0 aromatic heterocycles. The fourth-order valence-corrected chi connectivity index (χ4v) is 2.82. The highest BCUT2D eigenvalue weighted by Crippen LogP contribution is 2.14. The standard InChI is InChI=1S/C22H35NO3/c1-4-5-6-7-8-9-10-11-12-13-16-26-22(25)21(24)23-20-15-14-18(2)19(3)17-20/h14-15,17H,4-13,16H2,1-3H3,(H,23,24). The van der Waals surface area contributed by atoms with Crippen molar-refractivity contribution in [1.29, 1.82) is 0 Å². The first-order valence-electron chi connectivity index (χ1n) is 10.1. The summed E-state index contributed by atoms with van der Waals surface area (Å²) < 4.78 is 5.05. The summed E-state index contributed by atoms with van der Waals surface area (Å²) >= 11 is 0. The van der Waals surface area contributed by atoms with Crippen LogP contribution in [0.3, 0.4) is 0 Å². The fraction of sp³-hybridized carbons (Fsp3) is 0.636. The largest absolute Gasteiger partial charge is 0.459 e. The van der Waals surface area contributed by atoms with Gasteiger partial charge in [0, 0.05) is 5.69 Å². The zero-order chi connectivity index (χ0) is 19.2. The third kappa shape index (κ3) is 9.59. The maximum atomic E-state index is 11.8. The van der Waals surface area contributed by atoms with Crippen LogP contribution in [-0.4, -0.2) is 18.5 Å². The van der Waals surface area contributed by atoms with Gasteiger partial charge >= 0.3 is 11.9 Å². The van der Waals surface area contributed by atoms with Gasteiger partial charge in [-0.15, -0.1) is 0 Å². The summed E-state index contributed by atoms with van der Waals surface area (Å²) in [6.07, 6.45) is 12.2. The molecule has 1 aromatic carbocycles. The van der Waals surface area contributed by atoms with Crippen LogP contribution in [0.1, 0.15) is 82.3 Å². The lowest BCUT2D eigenvalue weighted by Crippen LogP contribution is -2.25. The number of nitrogens with one attached hydrogen (secondary N) is 1. The SMILES string of the molecule is CCCCCCCCCCCCOC(=O)C(=O)Nc1ccc(C)c(C)c1. The molecule has 0 saturated heterocycles. The number of benzene rings is 1. The molecular weight excluding hydrogens is 326 g/mol. The lowest BCUT2D eigenvalue weighted by molar-refractivity contribution is -0.152. The summed E-state index contributed by atoms with van der Waals surface area (Å²) in [6, 6.07) is 5.55. The molecule has 0 radical (unpaired) electrons. The van der Waals surface area contributed by atoms with Crippen LogP contribution in [0.5, 0.6) is 0 Å². The Morgan fingerprint density at radius 2 is 1.42 bits per heavy atom. The molecule has 0 aliphatic rings. The van der Waals surface area contributed by atoms with Crippen LogP contribution in [0, 0.1) is 13.8 Å². The highest BCUT2D eigenvalue weighted by Gasteiger charge is 2.15. The van der Waals surface area contributed by atoms with Gasteiger partial charge in [0.25, 0.3) is 0 Å². The summed E-state index contributed by atoms with van der Waals surface area (Å²) in [5.41, 5.74) is 2.84. The quantitative estimate of drug-likeness (QED) is 0.295. The van der Waals surface area contributed by atoms with Crippen LogP contribution in [-0.2, 0) is 14.3 Å². The second-order valence-electron chi connectivity index (χ2n) is 7.07. The number of aryl methyl sites for hydroxylation is 2. The van der Waals surface area contributed by atoms with Crippen molar-refractivity contribution in [3.05, 3.63) is 29.3 Å². The molecule has 0 bridgehead atoms. The topological polar surface area (TPSA) is 55.4 Å². The van der Waals surface area contributed by atoms with E-state index in [9.17, 15) is 9.59 Å². The van der Waals surface area contributed by atoms with E-state index in [4.69, 9.17) is 4.74 Å². The number of carbonyl (C=O) groups is 2. The van der Waals surface area contributed by atoms with E-state index in [1.54, 1.807) is 6.07 Å². The molecule has 146 valence electrons. The average molecular weight is 362 g/mol. The van der Waals surface area contributed by atoms with E-state index in [-0.39, 0.29) is 0 Å². The van der Waals surface area contributed by atoms with E-state index in [1.807, 2.05) is 26.0 Å². The number of hydrogen-bond donors (Lipinski definition) is 1. The molecule has 4 heteroatoms. The molecule has 4 nitrogen and oxygen atoms in total. The molecule has 0 atom stereocenters. The monoisotopic (exact) mass is 361 g/mol. The number of anilines is 1. The molecule has 1 rings (SSSR count). The number of hydrogen-bond acceptors (Lipinski definition) is 3. The van der Waals surface area contributed by atoms with Gasteiger partial charge < -0.3 is 10.1 Å². The van der Waals surface area contributed by atoms with Gasteiger partial charge in [0.1, 0.15) is 0 Å². The summed E-state index contributed by atoms with van der Waals surface area (Å²) in [4.78, 5) is 23.6. The Labute approximate surface area is 158 Å². The zero-order valence-corrected chi connectivity index (χ0v) is 16.7. The molecule has 0 saturated carbocycles. The van der Waals surface area contributed by atoms with E-state index >= 15 is 0 Å². The van der Waals surface area contributed by atoms with Crippen LogP contribution >= 0.6 is 0 Å². The van der Waals surface area contributed by atoms with Crippen molar-refractivity contribution in [2.75, 3.05) is 11.9 Å². The van der Waals surface area contributed by atoms with E-state index in [2.05, 4.69) is 12.2 Å². The first-order chi connectivity index (χ1) is 12.5. The average Bonchev–Trinajstić information content (AvgIpc) is 2.62. The minimum Gasteiger partial charge on any atom is -0.459 e. The van der Waals surface area contributed by atoms with Gasteiger partial charge in [-0.2, -0.15) is 0 Å². The van der Waals surface area contributed by atoms with E-state index < -0.39 is 11.9 Å². The first kappa shape index (κ1) is 22.2. The summed E-state index contributed by atoms with van der Waals surface area (Å²) in [6.45, 7) is 6.52. The number of ether oxygens (including phenoxy) is 1. The Kier molecular flexibility index (Phi) is 11.4. The van der Waals surface area contributed by atoms with Crippen LogP contribution in [0.2, 0.25) is 0 Å². The second kappa shape index (κ2) is 13.4. The predicted octanol–water partition coefficient (Wildman–Crippen LogP) is 5.71. The Morgan fingerprint density at radius 3 is 2.00 bits per heavy atom. The zero-order valence-electron chi connectivity index (χ0n) is 16.7. The number of amides is 1. The van der Waals surface area contributed by atoms with Crippen molar-refractivity contribution in [3.8, 4) is 0 Å². The van der Waals surface area contributed by atoms with Crippen molar-refractivity contribution in [2.45, 2.75) is 85.0 Å². The summed E-state index contributed by atoms with van der Waals surface area (Å²) in [7, 11) is 0. The highest BCUT2D eigenvalue weighted by atomic mass is 16.5. The summed E-state index contributed by atoms with van der Waals surface area (Å²) in [5, 5.41) is 2.59. The van der Waals surface area contributed by atoms with Crippen LogP contribution in [0.4, 0.5) is 5.69 Å². The highest BCUT2D eigenvalue weighted by molar-refractivity contribution is 6.37. The van der Waals surface area contributed by atoms with E-state index in [0.717, 1.165) is 24.0 Å². The molecule has 26 heavy (non-hydrogen) atoms. The van der Waals surface area contributed by atoms with Gasteiger partial charge in [0.05, 0.1) is 6.61 Å².